The van der Waals surface area contributed by atoms with E-state index in [1.165, 1.54) is 14.0 Å². The minimum atomic E-state index is -4.46. The summed E-state index contributed by atoms with van der Waals surface area (Å²) >= 11 is 4.04. The van der Waals surface area contributed by atoms with Gasteiger partial charge in [0.25, 0.3) is 10.1 Å². The molecule has 6 nitrogen and oxygen atoms in total. The largest absolute Gasteiger partial charge is 0.465 e. The monoisotopic (exact) mass is 295 g/mol. The van der Waals surface area contributed by atoms with Crippen molar-refractivity contribution in [2.75, 3.05) is 7.05 Å². The Morgan fingerprint density at radius 1 is 1.39 bits per heavy atom. The van der Waals surface area contributed by atoms with Crippen LogP contribution in [-0.2, 0) is 10.1 Å². The Morgan fingerprint density at radius 2 is 1.83 bits per heavy atom. The van der Waals surface area contributed by atoms with Gasteiger partial charge in [-0.15, -0.1) is 12.6 Å². The number of hydrogen-bond donors (Lipinski definition) is 3. The van der Waals surface area contributed by atoms with E-state index in [9.17, 15) is 13.2 Å². The number of nitrogens with zero attached hydrogens (tertiary/aromatic N) is 1. The third kappa shape index (κ3) is 4.71. The van der Waals surface area contributed by atoms with Gasteiger partial charge in [0, 0.05) is 17.6 Å². The minimum absolute atomic E-state index is 0.155. The highest BCUT2D eigenvalue weighted by Crippen LogP contribution is 2.24. The SMILES string of the molecule is C/C(=C\C(=C(\S)C(C)C)S(=O)(=O)O)N(C)C(=O)O. The first-order valence-electron chi connectivity index (χ1n) is 5.04. The highest BCUT2D eigenvalue weighted by molar-refractivity contribution is 7.92. The molecule has 2 N–H and O–H groups in total. The molecular weight excluding hydrogens is 278 g/mol. The van der Waals surface area contributed by atoms with Crippen molar-refractivity contribution in [3.05, 3.63) is 21.6 Å². The van der Waals surface area contributed by atoms with E-state index < -0.39 is 21.1 Å². The van der Waals surface area contributed by atoms with Crippen molar-refractivity contribution in [1.82, 2.24) is 4.90 Å². The summed E-state index contributed by atoms with van der Waals surface area (Å²) in [7, 11) is -3.19. The van der Waals surface area contributed by atoms with Gasteiger partial charge < -0.3 is 5.11 Å². The van der Waals surface area contributed by atoms with Crippen LogP contribution in [0.15, 0.2) is 21.6 Å². The molecule has 1 amide bonds. The van der Waals surface area contributed by atoms with Gasteiger partial charge in [-0.1, -0.05) is 13.8 Å². The molecule has 0 rings (SSSR count). The fraction of sp³-hybridized carbons (Fsp3) is 0.500. The molecule has 0 aliphatic carbocycles. The van der Waals surface area contributed by atoms with Crippen LogP contribution < -0.4 is 0 Å². The molecular formula is C10H17NO5S2. The molecule has 0 bridgehead atoms. The number of carbonyl (C=O) groups is 1. The summed E-state index contributed by atoms with van der Waals surface area (Å²) in [6.07, 6.45) is -0.158. The lowest BCUT2D eigenvalue weighted by Crippen LogP contribution is -2.23. The highest BCUT2D eigenvalue weighted by Gasteiger charge is 2.19. The van der Waals surface area contributed by atoms with Crippen molar-refractivity contribution in [3.63, 3.8) is 0 Å². The number of hydrogen-bond acceptors (Lipinski definition) is 4. The quantitative estimate of drug-likeness (QED) is 0.420. The van der Waals surface area contributed by atoms with Crippen molar-refractivity contribution < 1.29 is 22.9 Å². The normalized spacial score (nSPS) is 14.5. The topological polar surface area (TPSA) is 94.9 Å². The molecule has 0 saturated carbocycles. The summed E-state index contributed by atoms with van der Waals surface area (Å²) in [5.41, 5.74) is 0.155. The molecule has 0 heterocycles. The Hall–Kier alpha value is -0.990. The first-order chi connectivity index (χ1) is 7.98. The Balaban J connectivity index is 5.77. The first-order valence-corrected chi connectivity index (χ1v) is 6.92. The maximum atomic E-state index is 11.2. The zero-order valence-corrected chi connectivity index (χ0v) is 12.3. The van der Waals surface area contributed by atoms with Crippen molar-refractivity contribution in [3.8, 4) is 0 Å². The summed E-state index contributed by atoms with van der Waals surface area (Å²) < 4.78 is 31.6. The van der Waals surface area contributed by atoms with Crippen LogP contribution in [0.25, 0.3) is 0 Å². The molecule has 104 valence electrons. The number of amides is 1. The van der Waals surface area contributed by atoms with E-state index in [2.05, 4.69) is 12.6 Å². The summed E-state index contributed by atoms with van der Waals surface area (Å²) in [6, 6.07) is 0. The Kier molecular flexibility index (Phi) is 5.91. The van der Waals surface area contributed by atoms with Gasteiger partial charge in [0.15, 0.2) is 0 Å². The molecule has 0 radical (unpaired) electrons. The minimum Gasteiger partial charge on any atom is -0.465 e. The van der Waals surface area contributed by atoms with Gasteiger partial charge >= 0.3 is 6.09 Å². The van der Waals surface area contributed by atoms with E-state index in [4.69, 9.17) is 9.66 Å². The highest BCUT2D eigenvalue weighted by atomic mass is 32.2. The maximum Gasteiger partial charge on any atom is 0.411 e. The van der Waals surface area contributed by atoms with E-state index >= 15 is 0 Å². The van der Waals surface area contributed by atoms with E-state index in [1.807, 2.05) is 0 Å². The third-order valence-corrected chi connectivity index (χ3v) is 4.04. The molecule has 0 aliphatic heterocycles. The Labute approximate surface area is 112 Å². The van der Waals surface area contributed by atoms with Crippen LogP contribution in [0.5, 0.6) is 0 Å². The van der Waals surface area contributed by atoms with E-state index in [-0.39, 0.29) is 16.5 Å². The summed E-state index contributed by atoms with van der Waals surface area (Å²) in [5.74, 6) is -0.218. The molecule has 0 aliphatic rings. The predicted molar refractivity (Wildman–Crippen MR) is 71.9 cm³/mol. The Morgan fingerprint density at radius 3 is 2.11 bits per heavy atom. The third-order valence-electron chi connectivity index (χ3n) is 2.23. The number of carboxylic acid groups (broad SMARTS) is 1. The smallest absolute Gasteiger partial charge is 0.411 e. The van der Waals surface area contributed by atoms with Crippen molar-refractivity contribution in [1.29, 1.82) is 0 Å². The molecule has 0 aromatic heterocycles. The van der Waals surface area contributed by atoms with Crippen molar-refractivity contribution in [2.45, 2.75) is 20.8 Å². The number of allylic oxidation sites excluding steroid dienone is 3. The van der Waals surface area contributed by atoms with Gasteiger partial charge in [-0.2, -0.15) is 8.42 Å². The second-order valence-corrected chi connectivity index (χ2v) is 5.88. The molecule has 0 unspecified atom stereocenters. The lowest BCUT2D eigenvalue weighted by atomic mass is 10.2. The second kappa shape index (κ2) is 6.26. The van der Waals surface area contributed by atoms with Gasteiger partial charge in [0.05, 0.1) is 0 Å². The van der Waals surface area contributed by atoms with Crippen LogP contribution in [0.1, 0.15) is 20.8 Å². The molecule has 0 aromatic rings. The average molecular weight is 295 g/mol. The predicted octanol–water partition coefficient (Wildman–Crippen LogP) is 2.19. The first kappa shape index (κ1) is 17.0. The lowest BCUT2D eigenvalue weighted by molar-refractivity contribution is 0.167. The molecule has 0 saturated heterocycles. The average Bonchev–Trinajstić information content (AvgIpc) is 2.21. The zero-order chi connectivity index (χ0) is 14.7. The van der Waals surface area contributed by atoms with Crippen molar-refractivity contribution >= 4 is 28.8 Å². The molecule has 18 heavy (non-hydrogen) atoms. The van der Waals surface area contributed by atoms with Crippen LogP contribution >= 0.6 is 12.6 Å². The maximum absolute atomic E-state index is 11.2. The van der Waals surface area contributed by atoms with Crippen molar-refractivity contribution in [2.24, 2.45) is 5.92 Å². The summed E-state index contributed by atoms with van der Waals surface area (Å²) in [4.78, 5) is 11.3. The van der Waals surface area contributed by atoms with Gasteiger partial charge in [0.2, 0.25) is 0 Å². The fourth-order valence-corrected chi connectivity index (χ4v) is 2.23. The van der Waals surface area contributed by atoms with E-state index in [0.29, 0.717) is 0 Å². The Bertz CT molecular complexity index is 490. The van der Waals surface area contributed by atoms with Gasteiger partial charge in [-0.25, -0.2) is 4.79 Å². The summed E-state index contributed by atoms with van der Waals surface area (Å²) in [5, 5.41) is 8.75. The van der Waals surface area contributed by atoms with Gasteiger partial charge in [0.1, 0.15) is 4.91 Å². The molecule has 0 spiro atoms. The molecule has 0 fully saturated rings. The molecule has 0 atom stereocenters. The van der Waals surface area contributed by atoms with Crippen LogP contribution in [0.2, 0.25) is 0 Å². The number of rotatable bonds is 4. The van der Waals surface area contributed by atoms with Gasteiger partial charge in [-0.05, 0) is 18.9 Å². The van der Waals surface area contributed by atoms with Crippen LogP contribution in [-0.4, -0.2) is 36.1 Å². The standard InChI is InChI=1S/C10H17NO5S2/c1-6(2)9(17)8(18(14,15)16)5-7(3)11(4)10(12)13/h5-6,17H,1-4H3,(H,12,13)(H,14,15,16)/b7-5+,9-8-. The fourth-order valence-electron chi connectivity index (χ4n) is 1.00. The molecule has 0 aromatic carbocycles. The number of thiol groups is 1. The van der Waals surface area contributed by atoms with Crippen LogP contribution in [0.3, 0.4) is 0 Å². The molecule has 8 heteroatoms. The van der Waals surface area contributed by atoms with Gasteiger partial charge in [-0.3, -0.25) is 9.45 Å². The second-order valence-electron chi connectivity index (χ2n) is 4.01. The van der Waals surface area contributed by atoms with E-state index in [1.54, 1.807) is 13.8 Å². The van der Waals surface area contributed by atoms with Crippen LogP contribution in [0.4, 0.5) is 4.79 Å². The zero-order valence-electron chi connectivity index (χ0n) is 10.6. The van der Waals surface area contributed by atoms with E-state index in [0.717, 1.165) is 11.0 Å². The summed E-state index contributed by atoms with van der Waals surface area (Å²) in [6.45, 7) is 4.83. The van der Waals surface area contributed by atoms with Crippen LogP contribution in [0, 0.1) is 5.92 Å². The lowest BCUT2D eigenvalue weighted by Gasteiger charge is -2.15.